The number of hydrogen-bond donors (Lipinski definition) is 2. The lowest BCUT2D eigenvalue weighted by Crippen LogP contribution is -2.16. The molecule has 0 bridgehead atoms. The van der Waals surface area contributed by atoms with Crippen molar-refractivity contribution in [3.05, 3.63) is 70.3 Å². The fourth-order valence-corrected chi connectivity index (χ4v) is 1.68. The van der Waals surface area contributed by atoms with Gasteiger partial charge in [0, 0.05) is 11.6 Å². The molecular weight excluding hydrogens is 274 g/mol. The number of carboxylic acids is 1. The van der Waals surface area contributed by atoms with Gasteiger partial charge in [0.25, 0.3) is 5.69 Å². The molecule has 0 heterocycles. The van der Waals surface area contributed by atoms with Gasteiger partial charge in [-0.3, -0.25) is 15.5 Å². The van der Waals surface area contributed by atoms with Crippen LogP contribution in [-0.4, -0.2) is 21.7 Å². The number of rotatable bonds is 5. The van der Waals surface area contributed by atoms with Crippen molar-refractivity contribution < 1.29 is 14.8 Å². The lowest BCUT2D eigenvalue weighted by Gasteiger charge is -2.04. The maximum atomic E-state index is 11.2. The highest BCUT2D eigenvalue weighted by Crippen LogP contribution is 2.23. The van der Waals surface area contributed by atoms with E-state index in [0.717, 1.165) is 0 Å². The summed E-state index contributed by atoms with van der Waals surface area (Å²) in [5.41, 5.74) is 2.55. The van der Waals surface area contributed by atoms with Gasteiger partial charge in [0.2, 0.25) is 0 Å². The molecule has 0 aromatic heterocycles. The molecule has 0 saturated carbocycles. The molecule has 2 aromatic rings. The number of para-hydroxylation sites is 2. The number of nitro groups is 1. The highest BCUT2D eigenvalue weighted by Gasteiger charge is 2.15. The quantitative estimate of drug-likeness (QED) is 0.499. The minimum atomic E-state index is -1.23. The van der Waals surface area contributed by atoms with Gasteiger partial charge < -0.3 is 5.11 Å². The van der Waals surface area contributed by atoms with Gasteiger partial charge in [-0.25, -0.2) is 4.79 Å². The molecule has 0 aliphatic heterocycles. The van der Waals surface area contributed by atoms with Gasteiger partial charge in [-0.05, 0) is 6.07 Å². The number of hydrogen-bond acceptors (Lipinski definition) is 5. The standard InChI is InChI=1S/C14H11N3O4/c18-14(19)13(10-6-2-1-3-7-10)16-15-11-8-4-5-9-12(11)17(20)21/h1-9,15H,(H,18,19)/b16-13+. The van der Waals surface area contributed by atoms with Crippen LogP contribution in [0.1, 0.15) is 5.56 Å². The first-order valence-electron chi connectivity index (χ1n) is 5.95. The van der Waals surface area contributed by atoms with Crippen LogP contribution in [-0.2, 0) is 4.79 Å². The fraction of sp³-hybridized carbons (Fsp3) is 0. The fourth-order valence-electron chi connectivity index (χ4n) is 1.68. The van der Waals surface area contributed by atoms with Crippen molar-refractivity contribution in [1.82, 2.24) is 0 Å². The summed E-state index contributed by atoms with van der Waals surface area (Å²) in [7, 11) is 0. The molecule has 2 N–H and O–H groups in total. The molecule has 7 nitrogen and oxygen atoms in total. The average molecular weight is 285 g/mol. The van der Waals surface area contributed by atoms with E-state index in [2.05, 4.69) is 10.5 Å². The second kappa shape index (κ2) is 6.29. The number of carboxylic acid groups (broad SMARTS) is 1. The summed E-state index contributed by atoms with van der Waals surface area (Å²) in [6.07, 6.45) is 0. The Hall–Kier alpha value is -3.22. The molecule has 0 aliphatic rings. The van der Waals surface area contributed by atoms with Crippen LogP contribution in [0.25, 0.3) is 0 Å². The number of anilines is 1. The molecule has 0 saturated heterocycles. The lowest BCUT2D eigenvalue weighted by molar-refractivity contribution is -0.384. The van der Waals surface area contributed by atoms with Crippen molar-refractivity contribution in [2.24, 2.45) is 5.10 Å². The zero-order valence-electron chi connectivity index (χ0n) is 10.8. The lowest BCUT2D eigenvalue weighted by atomic mass is 10.1. The summed E-state index contributed by atoms with van der Waals surface area (Å²) >= 11 is 0. The Morgan fingerprint density at radius 3 is 2.33 bits per heavy atom. The monoisotopic (exact) mass is 285 g/mol. The van der Waals surface area contributed by atoms with Crippen LogP contribution in [0.5, 0.6) is 0 Å². The number of aliphatic carboxylic acids is 1. The number of nitro benzene ring substituents is 1. The Kier molecular flexibility index (Phi) is 4.25. The van der Waals surface area contributed by atoms with E-state index in [-0.39, 0.29) is 17.1 Å². The van der Waals surface area contributed by atoms with Crippen molar-refractivity contribution in [2.45, 2.75) is 0 Å². The van der Waals surface area contributed by atoms with E-state index in [1.165, 1.54) is 18.2 Å². The first kappa shape index (κ1) is 14.2. The maximum Gasteiger partial charge on any atom is 0.356 e. The molecule has 7 heteroatoms. The van der Waals surface area contributed by atoms with Gasteiger partial charge in [0.15, 0.2) is 5.71 Å². The summed E-state index contributed by atoms with van der Waals surface area (Å²) in [6, 6.07) is 14.2. The minimum absolute atomic E-state index is 0.122. The Labute approximate surface area is 119 Å². The van der Waals surface area contributed by atoms with Crippen molar-refractivity contribution in [3.8, 4) is 0 Å². The summed E-state index contributed by atoms with van der Waals surface area (Å²) in [6.45, 7) is 0. The van der Waals surface area contributed by atoms with Crippen LogP contribution >= 0.6 is 0 Å². The summed E-state index contributed by atoms with van der Waals surface area (Å²) in [4.78, 5) is 21.5. The molecule has 0 radical (unpaired) electrons. The molecule has 0 spiro atoms. The zero-order valence-corrected chi connectivity index (χ0v) is 10.8. The third-order valence-corrected chi connectivity index (χ3v) is 2.64. The van der Waals surface area contributed by atoms with Gasteiger partial charge in [0.1, 0.15) is 5.69 Å². The van der Waals surface area contributed by atoms with Gasteiger partial charge in [0.05, 0.1) is 4.92 Å². The van der Waals surface area contributed by atoms with Crippen molar-refractivity contribution in [1.29, 1.82) is 0 Å². The summed E-state index contributed by atoms with van der Waals surface area (Å²) in [5, 5.41) is 23.8. The summed E-state index contributed by atoms with van der Waals surface area (Å²) < 4.78 is 0. The van der Waals surface area contributed by atoms with Crippen LogP contribution in [0.2, 0.25) is 0 Å². The SMILES string of the molecule is O=C(O)/C(=N/Nc1ccccc1[N+](=O)[O-])c1ccccc1. The predicted molar refractivity (Wildman–Crippen MR) is 77.3 cm³/mol. The Morgan fingerprint density at radius 2 is 1.71 bits per heavy atom. The number of benzene rings is 2. The molecule has 0 aliphatic carbocycles. The average Bonchev–Trinajstić information content (AvgIpc) is 2.48. The molecule has 0 atom stereocenters. The van der Waals surface area contributed by atoms with E-state index in [1.54, 1.807) is 36.4 Å². The molecule has 2 rings (SSSR count). The molecule has 0 amide bonds. The zero-order chi connectivity index (χ0) is 15.2. The second-order valence-corrected chi connectivity index (χ2v) is 4.02. The van der Waals surface area contributed by atoms with Gasteiger partial charge in [-0.2, -0.15) is 5.10 Å². The normalized spacial score (nSPS) is 11.0. The number of hydrazone groups is 1. The predicted octanol–water partition coefficient (Wildman–Crippen LogP) is 2.50. The van der Waals surface area contributed by atoms with E-state index in [4.69, 9.17) is 0 Å². The molecule has 0 fully saturated rings. The van der Waals surface area contributed by atoms with Crippen LogP contribution in [0.15, 0.2) is 59.7 Å². The maximum absolute atomic E-state index is 11.2. The van der Waals surface area contributed by atoms with E-state index >= 15 is 0 Å². The Balaban J connectivity index is 2.34. The van der Waals surface area contributed by atoms with Gasteiger partial charge in [-0.1, -0.05) is 42.5 Å². The molecular formula is C14H11N3O4. The van der Waals surface area contributed by atoms with Crippen molar-refractivity contribution in [3.63, 3.8) is 0 Å². The highest BCUT2D eigenvalue weighted by atomic mass is 16.6. The smallest absolute Gasteiger partial charge is 0.356 e. The number of nitrogens with zero attached hydrogens (tertiary/aromatic N) is 2. The van der Waals surface area contributed by atoms with Crippen molar-refractivity contribution in [2.75, 3.05) is 5.43 Å². The van der Waals surface area contributed by atoms with E-state index in [1.807, 2.05) is 0 Å². The van der Waals surface area contributed by atoms with Crippen LogP contribution in [0, 0.1) is 10.1 Å². The molecule has 2 aromatic carbocycles. The first-order valence-corrected chi connectivity index (χ1v) is 5.95. The third kappa shape index (κ3) is 3.41. The number of carbonyl (C=O) groups is 1. The largest absolute Gasteiger partial charge is 0.476 e. The third-order valence-electron chi connectivity index (χ3n) is 2.64. The van der Waals surface area contributed by atoms with Gasteiger partial charge >= 0.3 is 5.97 Å². The molecule has 106 valence electrons. The Morgan fingerprint density at radius 1 is 1.10 bits per heavy atom. The van der Waals surface area contributed by atoms with Crippen LogP contribution in [0.4, 0.5) is 11.4 Å². The minimum Gasteiger partial charge on any atom is -0.476 e. The summed E-state index contributed by atoms with van der Waals surface area (Å²) in [5.74, 6) is -1.23. The van der Waals surface area contributed by atoms with Crippen LogP contribution in [0.3, 0.4) is 0 Å². The van der Waals surface area contributed by atoms with E-state index < -0.39 is 10.9 Å². The van der Waals surface area contributed by atoms with Crippen LogP contribution < -0.4 is 5.43 Å². The molecule has 0 unspecified atom stereocenters. The first-order chi connectivity index (χ1) is 10.1. The highest BCUT2D eigenvalue weighted by molar-refractivity contribution is 6.42. The van der Waals surface area contributed by atoms with E-state index in [9.17, 15) is 20.0 Å². The second-order valence-electron chi connectivity index (χ2n) is 4.02. The Bertz CT molecular complexity index is 698. The van der Waals surface area contributed by atoms with Crippen molar-refractivity contribution >= 4 is 23.1 Å². The van der Waals surface area contributed by atoms with E-state index in [0.29, 0.717) is 5.56 Å². The molecule has 21 heavy (non-hydrogen) atoms. The number of nitrogens with one attached hydrogen (secondary N) is 1. The van der Waals surface area contributed by atoms with Gasteiger partial charge in [-0.15, -0.1) is 0 Å². The topological polar surface area (TPSA) is 105 Å².